The average molecular weight is 361 g/mol. The van der Waals surface area contributed by atoms with E-state index in [2.05, 4.69) is 29.1 Å². The third-order valence-corrected chi connectivity index (χ3v) is 6.53. The number of hydrogen-bond donors (Lipinski definition) is 1. The number of H-pyrrole nitrogens is 1. The molecule has 0 unspecified atom stereocenters. The Hall–Kier alpha value is -1.80. The molecule has 0 saturated heterocycles. The number of carbonyl (C=O) groups is 1. The zero-order valence-corrected chi connectivity index (χ0v) is 15.5. The largest absolute Gasteiger partial charge is 0.344 e. The molecule has 4 rings (SSSR count). The number of carbonyl (C=O) groups excluding carboxylic acids is 1. The van der Waals surface area contributed by atoms with Crippen LogP contribution in [0, 0.1) is 5.41 Å². The first-order valence-corrected chi connectivity index (χ1v) is 9.40. The molecule has 1 aliphatic heterocycles. The highest BCUT2D eigenvalue weighted by atomic mass is 32.2. The first kappa shape index (κ1) is 15.7. The Balaban J connectivity index is 1.78. The predicted molar refractivity (Wildman–Crippen MR) is 97.2 cm³/mol. The number of fused-ring (bicyclic) bond motifs is 1. The number of ketones is 1. The molecule has 2 aliphatic rings. The van der Waals surface area contributed by atoms with Crippen LogP contribution in [0.2, 0.25) is 0 Å². The highest BCUT2D eigenvalue weighted by molar-refractivity contribution is 7.99. The van der Waals surface area contributed by atoms with E-state index in [9.17, 15) is 4.79 Å². The van der Waals surface area contributed by atoms with Crippen LogP contribution in [0.3, 0.4) is 0 Å². The molecular formula is C16H19N5OS2. The molecule has 0 aromatic carbocycles. The van der Waals surface area contributed by atoms with Gasteiger partial charge in [-0.1, -0.05) is 13.8 Å². The smallest absolute Gasteiger partial charge is 0.165 e. The molecule has 0 radical (unpaired) electrons. The second-order valence-corrected chi connectivity index (χ2v) is 9.35. The van der Waals surface area contributed by atoms with E-state index in [4.69, 9.17) is 0 Å². The van der Waals surface area contributed by atoms with Gasteiger partial charge in [-0.2, -0.15) is 10.2 Å². The third kappa shape index (κ3) is 2.73. The lowest BCUT2D eigenvalue weighted by Crippen LogP contribution is -2.26. The van der Waals surface area contributed by atoms with E-state index in [0.717, 1.165) is 39.0 Å². The standard InChI is InChI=1S/C16H19N5OS2/c1-16(2)6-10-13(12(22)7-16)15(24-21-9-20(3)8-18-21)23-14(10)11-4-5-17-19-11/h4-5,8H,6-7,9H2,1-3H3,(H,17,19). The molecule has 0 saturated carbocycles. The summed E-state index contributed by atoms with van der Waals surface area (Å²) in [6.45, 7) is 5.04. The van der Waals surface area contributed by atoms with Gasteiger partial charge in [-0.25, -0.2) is 4.41 Å². The second-order valence-electron chi connectivity index (χ2n) is 7.06. The lowest BCUT2D eigenvalue weighted by molar-refractivity contribution is 0.0910. The molecule has 3 heterocycles. The van der Waals surface area contributed by atoms with Crippen molar-refractivity contribution in [2.24, 2.45) is 10.5 Å². The van der Waals surface area contributed by atoms with Crippen molar-refractivity contribution in [2.45, 2.75) is 30.9 Å². The van der Waals surface area contributed by atoms with Crippen LogP contribution in [0.4, 0.5) is 0 Å². The number of Topliss-reactive ketones (excluding diaryl/α,β-unsaturated/α-hetero) is 1. The van der Waals surface area contributed by atoms with Crippen molar-refractivity contribution in [1.82, 2.24) is 19.5 Å². The Morgan fingerprint density at radius 3 is 2.88 bits per heavy atom. The summed E-state index contributed by atoms with van der Waals surface area (Å²) in [7, 11) is 1.98. The Morgan fingerprint density at radius 1 is 1.38 bits per heavy atom. The van der Waals surface area contributed by atoms with Gasteiger partial charge in [0.05, 0.1) is 14.8 Å². The lowest BCUT2D eigenvalue weighted by Gasteiger charge is -2.29. The van der Waals surface area contributed by atoms with Crippen LogP contribution in [0.1, 0.15) is 36.2 Å². The molecule has 0 fully saturated rings. The van der Waals surface area contributed by atoms with Crippen molar-refractivity contribution >= 4 is 35.4 Å². The van der Waals surface area contributed by atoms with E-state index in [1.165, 1.54) is 0 Å². The second kappa shape index (κ2) is 5.63. The average Bonchev–Trinajstić information content (AvgIpc) is 3.18. The van der Waals surface area contributed by atoms with Gasteiger partial charge in [0.2, 0.25) is 0 Å². The van der Waals surface area contributed by atoms with Crippen LogP contribution in [-0.2, 0) is 6.42 Å². The van der Waals surface area contributed by atoms with E-state index >= 15 is 0 Å². The maximum absolute atomic E-state index is 12.8. The molecule has 0 bridgehead atoms. The topological polar surface area (TPSA) is 64.6 Å². The van der Waals surface area contributed by atoms with Crippen molar-refractivity contribution in [3.05, 3.63) is 23.4 Å². The van der Waals surface area contributed by atoms with Gasteiger partial charge < -0.3 is 4.90 Å². The molecule has 0 atom stereocenters. The van der Waals surface area contributed by atoms with Crippen molar-refractivity contribution in [3.63, 3.8) is 0 Å². The number of aromatic nitrogens is 2. The molecule has 1 N–H and O–H groups in total. The lowest BCUT2D eigenvalue weighted by atomic mass is 9.74. The summed E-state index contributed by atoms with van der Waals surface area (Å²) in [5.41, 5.74) is 3.02. The molecule has 0 spiro atoms. The van der Waals surface area contributed by atoms with Crippen LogP contribution in [-0.4, -0.2) is 45.3 Å². The summed E-state index contributed by atoms with van der Waals surface area (Å²) >= 11 is 3.21. The number of hydrogen-bond acceptors (Lipinski definition) is 7. The fraction of sp³-hybridized carbons (Fsp3) is 0.438. The molecule has 2 aromatic heterocycles. The number of hydrazone groups is 1. The highest BCUT2D eigenvalue weighted by Gasteiger charge is 2.37. The molecule has 126 valence electrons. The van der Waals surface area contributed by atoms with Crippen molar-refractivity contribution in [2.75, 3.05) is 13.7 Å². The fourth-order valence-electron chi connectivity index (χ4n) is 3.18. The SMILES string of the molecule is CN1C=NN(Sc2sc(-c3ccn[nH]3)c3c2C(=O)CC(C)(C)C3)C1. The monoisotopic (exact) mass is 361 g/mol. The van der Waals surface area contributed by atoms with Crippen molar-refractivity contribution in [1.29, 1.82) is 0 Å². The highest BCUT2D eigenvalue weighted by Crippen LogP contribution is 2.48. The maximum atomic E-state index is 12.8. The zero-order chi connectivity index (χ0) is 16.9. The minimum absolute atomic E-state index is 0.00607. The van der Waals surface area contributed by atoms with Gasteiger partial charge in [0.1, 0.15) is 13.0 Å². The zero-order valence-electron chi connectivity index (χ0n) is 13.9. The van der Waals surface area contributed by atoms with E-state index in [1.807, 2.05) is 22.4 Å². The van der Waals surface area contributed by atoms with E-state index in [0.29, 0.717) is 6.42 Å². The Morgan fingerprint density at radius 2 is 2.21 bits per heavy atom. The van der Waals surface area contributed by atoms with Crippen molar-refractivity contribution in [3.8, 4) is 10.6 Å². The van der Waals surface area contributed by atoms with Crippen molar-refractivity contribution < 1.29 is 4.79 Å². The summed E-state index contributed by atoms with van der Waals surface area (Å²) in [4.78, 5) is 16.0. The van der Waals surface area contributed by atoms with E-state index < -0.39 is 0 Å². The molecule has 6 nitrogen and oxygen atoms in total. The first-order valence-electron chi connectivity index (χ1n) is 7.81. The number of nitrogens with one attached hydrogen (secondary N) is 1. The molecule has 2 aromatic rings. The van der Waals surface area contributed by atoms with Crippen LogP contribution < -0.4 is 0 Å². The minimum atomic E-state index is -0.00607. The van der Waals surface area contributed by atoms with E-state index in [1.54, 1.807) is 35.8 Å². The Labute approximate surface area is 149 Å². The summed E-state index contributed by atoms with van der Waals surface area (Å²) in [5, 5.41) is 11.5. The minimum Gasteiger partial charge on any atom is -0.344 e. The van der Waals surface area contributed by atoms with Gasteiger partial charge in [-0.3, -0.25) is 9.89 Å². The number of nitrogens with zero attached hydrogens (tertiary/aromatic N) is 4. The van der Waals surface area contributed by atoms with Gasteiger partial charge in [0.15, 0.2) is 5.78 Å². The van der Waals surface area contributed by atoms with E-state index in [-0.39, 0.29) is 11.2 Å². The molecular weight excluding hydrogens is 342 g/mol. The van der Waals surface area contributed by atoms with Crippen LogP contribution in [0.25, 0.3) is 10.6 Å². The third-order valence-electron chi connectivity index (χ3n) is 4.20. The quantitative estimate of drug-likeness (QED) is 0.848. The van der Waals surface area contributed by atoms with Gasteiger partial charge in [-0.15, -0.1) is 11.3 Å². The number of aromatic amines is 1. The number of thiophene rings is 1. The normalized spacial score (nSPS) is 19.2. The van der Waals surface area contributed by atoms with Crippen LogP contribution in [0.15, 0.2) is 21.6 Å². The van der Waals surface area contributed by atoms with Gasteiger partial charge in [0, 0.05) is 37.2 Å². The van der Waals surface area contributed by atoms with Gasteiger partial charge in [-0.05, 0) is 23.5 Å². The van der Waals surface area contributed by atoms with Gasteiger partial charge >= 0.3 is 0 Å². The summed E-state index contributed by atoms with van der Waals surface area (Å²) in [6, 6.07) is 1.97. The van der Waals surface area contributed by atoms with Gasteiger partial charge in [0.25, 0.3) is 0 Å². The number of rotatable bonds is 3. The molecule has 0 amide bonds. The maximum Gasteiger partial charge on any atom is 0.165 e. The molecule has 24 heavy (non-hydrogen) atoms. The molecule has 8 heteroatoms. The Kier molecular flexibility index (Phi) is 3.69. The fourth-order valence-corrected chi connectivity index (χ4v) is 5.73. The summed E-state index contributed by atoms with van der Waals surface area (Å²) < 4.78 is 2.94. The Bertz CT molecular complexity index is 809. The summed E-state index contributed by atoms with van der Waals surface area (Å²) in [5.74, 6) is 0.238. The van der Waals surface area contributed by atoms with Crippen LogP contribution in [0.5, 0.6) is 0 Å². The molecule has 1 aliphatic carbocycles. The summed E-state index contributed by atoms with van der Waals surface area (Å²) in [6.07, 6.45) is 5.05. The van der Waals surface area contributed by atoms with Crippen LogP contribution >= 0.6 is 23.3 Å². The predicted octanol–water partition coefficient (Wildman–Crippen LogP) is 3.45. The first-order chi connectivity index (χ1) is 11.4.